The second-order valence-electron chi connectivity index (χ2n) is 5.94. The highest BCUT2D eigenvalue weighted by Crippen LogP contribution is 2.34. The predicted molar refractivity (Wildman–Crippen MR) is 95.8 cm³/mol. The summed E-state index contributed by atoms with van der Waals surface area (Å²) in [5, 5.41) is 2.85. The lowest BCUT2D eigenvalue weighted by Gasteiger charge is -2.17. The van der Waals surface area contributed by atoms with Crippen LogP contribution in [-0.2, 0) is 9.59 Å². The highest BCUT2D eigenvalue weighted by Gasteiger charge is 2.35. The Morgan fingerprint density at radius 2 is 2.00 bits per heavy atom. The molecule has 6 nitrogen and oxygen atoms in total. The van der Waals surface area contributed by atoms with Crippen LogP contribution in [0.2, 0.25) is 0 Å². The maximum atomic E-state index is 12.5. The van der Waals surface area contributed by atoms with Crippen LogP contribution in [0.1, 0.15) is 6.42 Å². The van der Waals surface area contributed by atoms with E-state index in [0.717, 1.165) is 10.2 Å². The number of anilines is 2. The Labute approximate surface area is 152 Å². The summed E-state index contributed by atoms with van der Waals surface area (Å²) in [5.74, 6) is 0.650. The van der Waals surface area contributed by atoms with Crippen molar-refractivity contribution in [3.8, 4) is 11.5 Å². The fourth-order valence-corrected chi connectivity index (χ4v) is 3.38. The molecule has 7 heteroatoms. The molecule has 0 aromatic heterocycles. The number of hydrogen-bond acceptors (Lipinski definition) is 4. The molecule has 4 rings (SSSR count). The molecule has 2 aliphatic rings. The van der Waals surface area contributed by atoms with Crippen molar-refractivity contribution in [2.24, 2.45) is 5.92 Å². The van der Waals surface area contributed by atoms with Crippen molar-refractivity contribution in [1.82, 2.24) is 0 Å². The van der Waals surface area contributed by atoms with Gasteiger partial charge in [-0.25, -0.2) is 0 Å². The highest BCUT2D eigenvalue weighted by atomic mass is 79.9. The van der Waals surface area contributed by atoms with Gasteiger partial charge in [0.25, 0.3) is 0 Å². The molecular formula is C18H15BrN2O4. The van der Waals surface area contributed by atoms with Crippen molar-refractivity contribution in [1.29, 1.82) is 0 Å². The van der Waals surface area contributed by atoms with Crippen molar-refractivity contribution in [2.45, 2.75) is 6.42 Å². The minimum Gasteiger partial charge on any atom is -0.454 e. The van der Waals surface area contributed by atoms with Crippen molar-refractivity contribution in [3.05, 3.63) is 46.9 Å². The normalized spacial score (nSPS) is 18.5. The number of hydrogen-bond donors (Lipinski definition) is 1. The van der Waals surface area contributed by atoms with E-state index in [-0.39, 0.29) is 25.0 Å². The fraction of sp³-hybridized carbons (Fsp3) is 0.222. The Bertz CT molecular complexity index is 855. The van der Waals surface area contributed by atoms with Crippen LogP contribution in [0.15, 0.2) is 46.9 Å². The van der Waals surface area contributed by atoms with Gasteiger partial charge >= 0.3 is 0 Å². The Morgan fingerprint density at radius 1 is 1.16 bits per heavy atom. The van der Waals surface area contributed by atoms with E-state index in [1.807, 2.05) is 24.3 Å². The molecule has 2 heterocycles. The summed E-state index contributed by atoms with van der Waals surface area (Å²) >= 11 is 3.40. The molecule has 0 bridgehead atoms. The average molecular weight is 403 g/mol. The van der Waals surface area contributed by atoms with Gasteiger partial charge in [-0.1, -0.05) is 22.0 Å². The lowest BCUT2D eigenvalue weighted by Crippen LogP contribution is -2.28. The number of nitrogens with one attached hydrogen (secondary N) is 1. The van der Waals surface area contributed by atoms with Gasteiger partial charge in [-0.2, -0.15) is 0 Å². The number of nitrogens with zero attached hydrogens (tertiary/aromatic N) is 1. The van der Waals surface area contributed by atoms with Crippen LogP contribution < -0.4 is 19.7 Å². The number of ether oxygens (including phenoxy) is 2. The quantitative estimate of drug-likeness (QED) is 0.855. The molecule has 1 atom stereocenters. The maximum Gasteiger partial charge on any atom is 0.231 e. The molecule has 0 saturated carbocycles. The van der Waals surface area contributed by atoms with Gasteiger partial charge in [0, 0.05) is 34.9 Å². The number of carbonyl (C=O) groups excluding carboxylic acids is 2. The van der Waals surface area contributed by atoms with E-state index in [1.165, 1.54) is 0 Å². The SMILES string of the molecule is O=C(Nc1ccc2c(c1)OCO2)[C@H]1CC(=O)N(c2cccc(Br)c2)C1. The molecule has 2 aromatic carbocycles. The number of benzene rings is 2. The van der Waals surface area contributed by atoms with Crippen LogP contribution in [0.25, 0.3) is 0 Å². The van der Waals surface area contributed by atoms with Crippen LogP contribution in [0, 0.1) is 5.92 Å². The van der Waals surface area contributed by atoms with Gasteiger partial charge in [0.15, 0.2) is 11.5 Å². The first-order chi connectivity index (χ1) is 12.1. The Morgan fingerprint density at radius 3 is 2.84 bits per heavy atom. The molecule has 2 aromatic rings. The molecule has 1 saturated heterocycles. The molecular weight excluding hydrogens is 388 g/mol. The summed E-state index contributed by atoms with van der Waals surface area (Å²) in [4.78, 5) is 26.5. The first-order valence-corrected chi connectivity index (χ1v) is 8.66. The molecule has 0 spiro atoms. The zero-order valence-corrected chi connectivity index (χ0v) is 14.8. The standard InChI is InChI=1S/C18H15BrN2O4/c19-12-2-1-3-14(7-12)21-9-11(6-17(21)22)18(23)20-13-4-5-15-16(8-13)25-10-24-15/h1-5,7-8,11H,6,9-10H2,(H,20,23)/t11-/m0/s1. The first kappa shape index (κ1) is 16.0. The molecule has 25 heavy (non-hydrogen) atoms. The predicted octanol–water partition coefficient (Wildman–Crippen LogP) is 3.17. The van der Waals surface area contributed by atoms with Crippen LogP contribution in [0.3, 0.4) is 0 Å². The van der Waals surface area contributed by atoms with Crippen molar-refractivity contribution < 1.29 is 19.1 Å². The number of amides is 2. The number of rotatable bonds is 3. The average Bonchev–Trinajstić information content (AvgIpc) is 3.20. The van der Waals surface area contributed by atoms with Crippen molar-refractivity contribution in [2.75, 3.05) is 23.6 Å². The van der Waals surface area contributed by atoms with Crippen molar-refractivity contribution >= 4 is 39.1 Å². The molecule has 128 valence electrons. The second kappa shape index (κ2) is 6.40. The maximum absolute atomic E-state index is 12.5. The van der Waals surface area contributed by atoms with Crippen LogP contribution in [0.4, 0.5) is 11.4 Å². The highest BCUT2D eigenvalue weighted by molar-refractivity contribution is 9.10. The van der Waals surface area contributed by atoms with Gasteiger partial charge in [-0.05, 0) is 30.3 Å². The van der Waals surface area contributed by atoms with E-state index < -0.39 is 5.92 Å². The topological polar surface area (TPSA) is 67.9 Å². The van der Waals surface area contributed by atoms with E-state index in [9.17, 15) is 9.59 Å². The lowest BCUT2D eigenvalue weighted by atomic mass is 10.1. The molecule has 1 fully saturated rings. The molecule has 0 aliphatic carbocycles. The van der Waals surface area contributed by atoms with Gasteiger partial charge in [0.1, 0.15) is 0 Å². The first-order valence-electron chi connectivity index (χ1n) is 7.86. The number of halogens is 1. The smallest absolute Gasteiger partial charge is 0.231 e. The van der Waals surface area contributed by atoms with E-state index in [2.05, 4.69) is 21.2 Å². The number of fused-ring (bicyclic) bond motifs is 1. The fourth-order valence-electron chi connectivity index (χ4n) is 3.00. The largest absolute Gasteiger partial charge is 0.454 e. The summed E-state index contributed by atoms with van der Waals surface area (Å²) in [5.41, 5.74) is 1.42. The third-order valence-corrected chi connectivity index (χ3v) is 4.75. The van der Waals surface area contributed by atoms with E-state index in [1.54, 1.807) is 23.1 Å². The summed E-state index contributed by atoms with van der Waals surface area (Å²) < 4.78 is 11.5. The van der Waals surface area contributed by atoms with E-state index >= 15 is 0 Å². The third kappa shape index (κ3) is 3.19. The van der Waals surface area contributed by atoms with Gasteiger partial charge in [-0.3, -0.25) is 9.59 Å². The molecule has 1 N–H and O–H groups in total. The Kier molecular flexibility index (Phi) is 4.09. The molecule has 0 radical (unpaired) electrons. The Hall–Kier alpha value is -2.54. The minimum atomic E-state index is -0.392. The van der Waals surface area contributed by atoms with E-state index in [0.29, 0.717) is 23.7 Å². The zero-order valence-electron chi connectivity index (χ0n) is 13.2. The Balaban J connectivity index is 1.45. The molecule has 2 amide bonds. The van der Waals surface area contributed by atoms with Crippen LogP contribution in [0.5, 0.6) is 11.5 Å². The lowest BCUT2D eigenvalue weighted by molar-refractivity contribution is -0.122. The third-order valence-electron chi connectivity index (χ3n) is 4.26. The zero-order chi connectivity index (χ0) is 17.4. The summed E-state index contributed by atoms with van der Waals surface area (Å²) in [6, 6.07) is 12.7. The van der Waals surface area contributed by atoms with Crippen molar-refractivity contribution in [3.63, 3.8) is 0 Å². The number of carbonyl (C=O) groups is 2. The van der Waals surface area contributed by atoms with Gasteiger partial charge in [0.2, 0.25) is 18.6 Å². The molecule has 2 aliphatic heterocycles. The van der Waals surface area contributed by atoms with Crippen LogP contribution >= 0.6 is 15.9 Å². The summed E-state index contributed by atoms with van der Waals surface area (Å²) in [6.45, 7) is 0.553. The van der Waals surface area contributed by atoms with Gasteiger partial charge in [0.05, 0.1) is 5.92 Å². The summed E-state index contributed by atoms with van der Waals surface area (Å²) in [6.07, 6.45) is 0.197. The monoisotopic (exact) mass is 402 g/mol. The molecule has 0 unspecified atom stereocenters. The van der Waals surface area contributed by atoms with Gasteiger partial charge in [-0.15, -0.1) is 0 Å². The van der Waals surface area contributed by atoms with Gasteiger partial charge < -0.3 is 19.7 Å². The minimum absolute atomic E-state index is 0.0519. The van der Waals surface area contributed by atoms with Crippen LogP contribution in [-0.4, -0.2) is 25.2 Å². The summed E-state index contributed by atoms with van der Waals surface area (Å²) in [7, 11) is 0. The van der Waals surface area contributed by atoms with E-state index in [4.69, 9.17) is 9.47 Å². The second-order valence-corrected chi connectivity index (χ2v) is 6.86.